The number of fused-ring (bicyclic) bond motifs is 1. The van der Waals surface area contributed by atoms with Crippen LogP contribution in [0.15, 0.2) is 41.3 Å². The second-order valence-corrected chi connectivity index (χ2v) is 6.63. The highest BCUT2D eigenvalue weighted by atomic mass is 32.2. The summed E-state index contributed by atoms with van der Waals surface area (Å²) in [6.07, 6.45) is -1.49. The van der Waals surface area contributed by atoms with E-state index in [0.29, 0.717) is 6.07 Å². The molecule has 0 aliphatic carbocycles. The van der Waals surface area contributed by atoms with E-state index in [1.807, 2.05) is 4.72 Å². The van der Waals surface area contributed by atoms with Gasteiger partial charge in [-0.15, -0.1) is 0 Å². The van der Waals surface area contributed by atoms with Crippen molar-refractivity contribution in [1.82, 2.24) is 4.72 Å². The van der Waals surface area contributed by atoms with Crippen LogP contribution < -0.4 is 15.4 Å². The normalized spacial score (nSPS) is 18.4. The Balaban J connectivity index is 1.87. The third-order valence-electron chi connectivity index (χ3n) is 3.26. The summed E-state index contributed by atoms with van der Waals surface area (Å²) in [5.74, 6) is -3.49. The van der Waals surface area contributed by atoms with Gasteiger partial charge in [0, 0.05) is 6.07 Å². The van der Waals surface area contributed by atoms with Gasteiger partial charge in [-0.3, -0.25) is 4.79 Å². The first-order valence-corrected chi connectivity index (χ1v) is 8.09. The first-order chi connectivity index (χ1) is 11.3. The molecule has 1 heterocycles. The molecule has 10 heteroatoms. The SMILES string of the molecule is O=C(Nc1ccc(F)cc1F)[C@H]1Nc2cc(F)ccc2S(=O)(=O)N1. The van der Waals surface area contributed by atoms with Gasteiger partial charge < -0.3 is 10.6 Å². The van der Waals surface area contributed by atoms with Gasteiger partial charge in [-0.05, 0) is 30.3 Å². The van der Waals surface area contributed by atoms with Gasteiger partial charge in [0.15, 0.2) is 6.17 Å². The zero-order chi connectivity index (χ0) is 17.5. The van der Waals surface area contributed by atoms with Gasteiger partial charge in [0.05, 0.1) is 11.4 Å². The molecule has 0 radical (unpaired) electrons. The molecule has 2 aromatic rings. The van der Waals surface area contributed by atoms with Crippen molar-refractivity contribution in [2.75, 3.05) is 10.6 Å². The van der Waals surface area contributed by atoms with Gasteiger partial charge in [0.25, 0.3) is 5.91 Å². The molecule has 3 rings (SSSR count). The zero-order valence-corrected chi connectivity index (χ0v) is 12.6. The van der Waals surface area contributed by atoms with Crippen LogP contribution in [0.1, 0.15) is 0 Å². The van der Waals surface area contributed by atoms with Gasteiger partial charge in [-0.1, -0.05) is 0 Å². The average molecular weight is 357 g/mol. The molecule has 1 amide bonds. The lowest BCUT2D eigenvalue weighted by Crippen LogP contribution is -2.51. The van der Waals surface area contributed by atoms with Crippen LogP contribution in [0.5, 0.6) is 0 Å². The fourth-order valence-corrected chi connectivity index (χ4v) is 3.43. The first-order valence-electron chi connectivity index (χ1n) is 6.60. The van der Waals surface area contributed by atoms with Gasteiger partial charge >= 0.3 is 0 Å². The number of benzene rings is 2. The molecule has 1 atom stereocenters. The average Bonchev–Trinajstić information content (AvgIpc) is 2.48. The van der Waals surface area contributed by atoms with Crippen molar-refractivity contribution in [2.45, 2.75) is 11.1 Å². The van der Waals surface area contributed by atoms with Crippen LogP contribution in [-0.4, -0.2) is 20.5 Å². The molecule has 0 unspecified atom stereocenters. The van der Waals surface area contributed by atoms with E-state index in [4.69, 9.17) is 0 Å². The van der Waals surface area contributed by atoms with Crippen molar-refractivity contribution >= 4 is 27.3 Å². The lowest BCUT2D eigenvalue weighted by Gasteiger charge is -2.27. The molecule has 24 heavy (non-hydrogen) atoms. The number of amides is 1. The van der Waals surface area contributed by atoms with Crippen LogP contribution in [0.25, 0.3) is 0 Å². The van der Waals surface area contributed by atoms with E-state index in [1.165, 1.54) is 0 Å². The molecule has 2 aromatic carbocycles. The topological polar surface area (TPSA) is 87.3 Å². The number of hydrogen-bond acceptors (Lipinski definition) is 4. The monoisotopic (exact) mass is 357 g/mol. The number of nitrogens with one attached hydrogen (secondary N) is 3. The molecule has 0 fully saturated rings. The Bertz CT molecular complexity index is 934. The smallest absolute Gasteiger partial charge is 0.262 e. The highest BCUT2D eigenvalue weighted by Gasteiger charge is 2.33. The van der Waals surface area contributed by atoms with Crippen molar-refractivity contribution in [2.24, 2.45) is 0 Å². The number of rotatable bonds is 2. The van der Waals surface area contributed by atoms with Crippen LogP contribution in [0.2, 0.25) is 0 Å². The third kappa shape index (κ3) is 3.05. The summed E-state index contributed by atoms with van der Waals surface area (Å²) in [6, 6.07) is 5.43. The maximum atomic E-state index is 13.6. The lowest BCUT2D eigenvalue weighted by atomic mass is 10.2. The summed E-state index contributed by atoms with van der Waals surface area (Å²) in [7, 11) is -4.06. The fourth-order valence-electron chi connectivity index (χ4n) is 2.17. The Morgan fingerprint density at radius 3 is 2.42 bits per heavy atom. The van der Waals surface area contributed by atoms with Gasteiger partial charge in [0.1, 0.15) is 22.3 Å². The van der Waals surface area contributed by atoms with Gasteiger partial charge in [-0.25, -0.2) is 21.6 Å². The highest BCUT2D eigenvalue weighted by Crippen LogP contribution is 2.27. The summed E-state index contributed by atoms with van der Waals surface area (Å²) in [6.45, 7) is 0. The summed E-state index contributed by atoms with van der Waals surface area (Å²) >= 11 is 0. The fraction of sp³-hybridized carbons (Fsp3) is 0.0714. The van der Waals surface area contributed by atoms with Gasteiger partial charge in [-0.2, -0.15) is 4.72 Å². The second kappa shape index (κ2) is 5.80. The quantitative estimate of drug-likeness (QED) is 0.765. The lowest BCUT2D eigenvalue weighted by molar-refractivity contribution is -0.117. The van der Waals surface area contributed by atoms with Crippen LogP contribution in [0.3, 0.4) is 0 Å². The molecule has 3 N–H and O–H groups in total. The van der Waals surface area contributed by atoms with Crippen LogP contribution in [0, 0.1) is 17.5 Å². The van der Waals surface area contributed by atoms with E-state index in [1.54, 1.807) is 0 Å². The number of carbonyl (C=O) groups excluding carboxylic acids is 1. The predicted octanol–water partition coefficient (Wildman–Crippen LogP) is 1.77. The minimum absolute atomic E-state index is 0.103. The van der Waals surface area contributed by atoms with Crippen molar-refractivity contribution in [1.29, 1.82) is 0 Å². The Kier molecular flexibility index (Phi) is 3.93. The van der Waals surface area contributed by atoms with Gasteiger partial charge in [0.2, 0.25) is 10.0 Å². The Morgan fingerprint density at radius 1 is 1.04 bits per heavy atom. The molecule has 1 aliphatic rings. The van der Waals surface area contributed by atoms with E-state index in [2.05, 4.69) is 10.6 Å². The number of anilines is 2. The molecule has 0 saturated heterocycles. The summed E-state index contributed by atoms with van der Waals surface area (Å²) < 4.78 is 65.9. The van der Waals surface area contributed by atoms with E-state index >= 15 is 0 Å². The van der Waals surface area contributed by atoms with Crippen LogP contribution in [0.4, 0.5) is 24.5 Å². The molecular weight excluding hydrogens is 347 g/mol. The summed E-state index contributed by atoms with van der Waals surface area (Å²) in [5, 5.41) is 4.63. The third-order valence-corrected chi connectivity index (χ3v) is 4.74. The maximum absolute atomic E-state index is 13.6. The van der Waals surface area contributed by atoms with Crippen molar-refractivity contribution < 1.29 is 26.4 Å². The number of sulfonamides is 1. The summed E-state index contributed by atoms with van der Waals surface area (Å²) in [4.78, 5) is 11.9. The molecule has 1 aliphatic heterocycles. The zero-order valence-electron chi connectivity index (χ0n) is 11.8. The Morgan fingerprint density at radius 2 is 1.71 bits per heavy atom. The van der Waals surface area contributed by atoms with Crippen molar-refractivity contribution in [3.05, 3.63) is 53.8 Å². The van der Waals surface area contributed by atoms with Crippen molar-refractivity contribution in [3.8, 4) is 0 Å². The standard InChI is InChI=1S/C14H10F3N3O3S/c15-7-1-3-10(9(17)5-7)19-14(21)13-18-11-6-8(16)2-4-12(11)24(22,23)20-13/h1-6,13,18,20H,(H,19,21)/t13-/m0/s1. The van der Waals surface area contributed by atoms with Crippen LogP contribution >= 0.6 is 0 Å². The molecule has 126 valence electrons. The number of halogens is 3. The molecule has 0 spiro atoms. The number of hydrogen-bond donors (Lipinski definition) is 3. The second-order valence-electron chi connectivity index (χ2n) is 4.95. The first kappa shape index (κ1) is 16.3. The number of carbonyl (C=O) groups is 1. The van der Waals surface area contributed by atoms with Crippen LogP contribution in [-0.2, 0) is 14.8 Å². The van der Waals surface area contributed by atoms with E-state index in [9.17, 15) is 26.4 Å². The largest absolute Gasteiger partial charge is 0.360 e. The van der Waals surface area contributed by atoms with E-state index < -0.39 is 39.5 Å². The van der Waals surface area contributed by atoms with E-state index in [-0.39, 0.29) is 16.3 Å². The predicted molar refractivity (Wildman–Crippen MR) is 79.1 cm³/mol. The highest BCUT2D eigenvalue weighted by molar-refractivity contribution is 7.89. The summed E-state index contributed by atoms with van der Waals surface area (Å²) in [5.41, 5.74) is -0.430. The Labute approximate surface area is 134 Å². The molecular formula is C14H10F3N3O3S. The van der Waals surface area contributed by atoms with E-state index in [0.717, 1.165) is 30.3 Å². The van der Waals surface area contributed by atoms with Crippen molar-refractivity contribution in [3.63, 3.8) is 0 Å². The molecule has 0 aromatic heterocycles. The molecule has 0 bridgehead atoms. The molecule has 6 nitrogen and oxygen atoms in total. The maximum Gasteiger partial charge on any atom is 0.262 e. The molecule has 0 saturated carbocycles. The minimum Gasteiger partial charge on any atom is -0.360 e. The minimum atomic E-state index is -4.06. The Hall–Kier alpha value is -2.59.